The van der Waals surface area contributed by atoms with Gasteiger partial charge in [0.15, 0.2) is 5.96 Å². The lowest BCUT2D eigenvalue weighted by molar-refractivity contribution is -0.122. The molecule has 0 spiro atoms. The fourth-order valence-corrected chi connectivity index (χ4v) is 2.85. The lowest BCUT2D eigenvalue weighted by Crippen LogP contribution is -2.24. The van der Waals surface area contributed by atoms with E-state index < -0.39 is 0 Å². The van der Waals surface area contributed by atoms with E-state index in [1.807, 2.05) is 0 Å². The Balaban J connectivity index is 0. The van der Waals surface area contributed by atoms with Gasteiger partial charge in [-0.3, -0.25) is 9.79 Å². The van der Waals surface area contributed by atoms with Gasteiger partial charge in [0.25, 0.3) is 0 Å². The van der Waals surface area contributed by atoms with Gasteiger partial charge in [-0.25, -0.2) is 0 Å². The number of hydrogen-bond acceptors (Lipinski definition) is 2. The molecule has 5 nitrogen and oxygen atoms in total. The van der Waals surface area contributed by atoms with Gasteiger partial charge < -0.3 is 17.2 Å². The van der Waals surface area contributed by atoms with Gasteiger partial charge in [-0.2, -0.15) is 0 Å². The molecule has 6 heteroatoms. The molecule has 1 atom stereocenters. The predicted octanol–water partition coefficient (Wildman–Crippen LogP) is 3.87. The summed E-state index contributed by atoms with van der Waals surface area (Å²) >= 11 is 0. The predicted molar refractivity (Wildman–Crippen MR) is 106 cm³/mol. The number of aliphatic imine (C=N–C) groups is 1. The van der Waals surface area contributed by atoms with Gasteiger partial charge >= 0.3 is 0 Å². The molecular formula is C18H39ClN4O. The van der Waals surface area contributed by atoms with E-state index in [1.165, 1.54) is 57.8 Å². The van der Waals surface area contributed by atoms with Crippen LogP contribution in [0, 0.1) is 5.92 Å². The van der Waals surface area contributed by atoms with Crippen molar-refractivity contribution in [1.82, 2.24) is 0 Å². The van der Waals surface area contributed by atoms with Crippen LogP contribution >= 0.6 is 12.4 Å². The third-order valence-electron chi connectivity index (χ3n) is 4.31. The Morgan fingerprint density at radius 2 is 1.25 bits per heavy atom. The van der Waals surface area contributed by atoms with E-state index in [-0.39, 0.29) is 30.2 Å². The van der Waals surface area contributed by atoms with Gasteiger partial charge in [0.05, 0.1) is 0 Å². The number of rotatable bonds is 16. The zero-order valence-electron chi connectivity index (χ0n) is 15.5. The van der Waals surface area contributed by atoms with Crippen molar-refractivity contribution < 1.29 is 4.79 Å². The van der Waals surface area contributed by atoms with Crippen LogP contribution in [0.1, 0.15) is 90.4 Å². The highest BCUT2D eigenvalue weighted by Crippen LogP contribution is 2.17. The summed E-state index contributed by atoms with van der Waals surface area (Å²) in [7, 11) is 0. The maximum atomic E-state index is 11.5. The van der Waals surface area contributed by atoms with Crippen molar-refractivity contribution in [1.29, 1.82) is 0 Å². The first-order valence-electron chi connectivity index (χ1n) is 9.42. The Labute approximate surface area is 154 Å². The van der Waals surface area contributed by atoms with Crippen LogP contribution < -0.4 is 17.2 Å². The third kappa shape index (κ3) is 17.4. The van der Waals surface area contributed by atoms with Crippen LogP contribution in [0.25, 0.3) is 0 Å². The zero-order valence-corrected chi connectivity index (χ0v) is 16.3. The van der Waals surface area contributed by atoms with Crippen molar-refractivity contribution in [3.05, 3.63) is 0 Å². The number of primary amides is 1. The summed E-state index contributed by atoms with van der Waals surface area (Å²) in [5.41, 5.74) is 16.0. The van der Waals surface area contributed by atoms with E-state index >= 15 is 0 Å². The summed E-state index contributed by atoms with van der Waals surface area (Å²) in [6, 6.07) is 0. The largest absolute Gasteiger partial charge is 0.370 e. The first-order valence-corrected chi connectivity index (χ1v) is 9.42. The average molecular weight is 363 g/mol. The van der Waals surface area contributed by atoms with Crippen molar-refractivity contribution in [2.45, 2.75) is 90.4 Å². The lowest BCUT2D eigenvalue weighted by Gasteiger charge is -2.12. The number of carbonyl (C=O) groups is 1. The first-order chi connectivity index (χ1) is 11.1. The number of unbranched alkanes of at least 4 members (excludes halogenated alkanes) is 9. The normalized spacial score (nSPS) is 11.5. The van der Waals surface area contributed by atoms with Crippen molar-refractivity contribution in [3.8, 4) is 0 Å². The molecule has 0 aromatic rings. The zero-order chi connectivity index (χ0) is 17.3. The molecule has 6 N–H and O–H groups in total. The molecule has 0 saturated heterocycles. The van der Waals surface area contributed by atoms with Crippen LogP contribution in [0.2, 0.25) is 0 Å². The fourth-order valence-electron chi connectivity index (χ4n) is 2.85. The summed E-state index contributed by atoms with van der Waals surface area (Å²) in [5.74, 6) is -0.112. The molecule has 0 saturated carbocycles. The molecule has 0 radical (unpaired) electrons. The standard InChI is InChI=1S/C18H38N4O.ClH/c1-2-3-4-5-6-7-8-9-10-11-13-16(17(19)23)14-12-15-22-18(20)21;/h16H,2-15H2,1H3,(H2,19,23)(H4,20,21,22);1H. The van der Waals surface area contributed by atoms with Crippen molar-refractivity contribution in [2.75, 3.05) is 6.54 Å². The van der Waals surface area contributed by atoms with Gasteiger partial charge in [-0.1, -0.05) is 71.1 Å². The molecule has 0 aromatic carbocycles. The second kappa shape index (κ2) is 18.4. The van der Waals surface area contributed by atoms with E-state index in [1.54, 1.807) is 0 Å². The highest BCUT2D eigenvalue weighted by Gasteiger charge is 2.14. The molecule has 0 bridgehead atoms. The highest BCUT2D eigenvalue weighted by atomic mass is 35.5. The monoisotopic (exact) mass is 362 g/mol. The fraction of sp³-hybridized carbons (Fsp3) is 0.889. The minimum atomic E-state index is -0.189. The quantitative estimate of drug-likeness (QED) is 0.220. The molecule has 0 aliphatic rings. The molecule has 0 fully saturated rings. The molecule has 1 amide bonds. The van der Waals surface area contributed by atoms with E-state index in [0.717, 1.165) is 25.7 Å². The molecule has 1 unspecified atom stereocenters. The number of nitrogens with two attached hydrogens (primary N) is 3. The number of guanidine groups is 1. The molecule has 0 rings (SSSR count). The molecule has 0 aliphatic heterocycles. The highest BCUT2D eigenvalue weighted by molar-refractivity contribution is 5.85. The van der Waals surface area contributed by atoms with E-state index in [0.29, 0.717) is 6.54 Å². The van der Waals surface area contributed by atoms with Gasteiger partial charge in [-0.15, -0.1) is 12.4 Å². The minimum Gasteiger partial charge on any atom is -0.370 e. The summed E-state index contributed by atoms with van der Waals surface area (Å²) in [6.07, 6.45) is 15.5. The summed E-state index contributed by atoms with van der Waals surface area (Å²) in [6.45, 7) is 2.82. The summed E-state index contributed by atoms with van der Waals surface area (Å²) in [4.78, 5) is 15.4. The minimum absolute atomic E-state index is 0. The van der Waals surface area contributed by atoms with E-state index in [4.69, 9.17) is 17.2 Å². The topological polar surface area (TPSA) is 107 Å². The maximum Gasteiger partial charge on any atom is 0.220 e. The van der Waals surface area contributed by atoms with Gasteiger partial charge in [-0.05, 0) is 19.3 Å². The Kier molecular flexibility index (Phi) is 19.3. The molecule has 0 aromatic heterocycles. The Hall–Kier alpha value is -0.970. The second-order valence-electron chi connectivity index (χ2n) is 6.52. The van der Waals surface area contributed by atoms with Crippen molar-refractivity contribution >= 4 is 24.3 Å². The maximum absolute atomic E-state index is 11.5. The van der Waals surface area contributed by atoms with Gasteiger partial charge in [0.1, 0.15) is 0 Å². The molecule has 0 aliphatic carbocycles. The van der Waals surface area contributed by atoms with E-state index in [9.17, 15) is 4.79 Å². The average Bonchev–Trinajstić information content (AvgIpc) is 2.50. The van der Waals surface area contributed by atoms with Crippen LogP contribution in [-0.4, -0.2) is 18.4 Å². The lowest BCUT2D eigenvalue weighted by atomic mass is 9.95. The van der Waals surface area contributed by atoms with Crippen molar-refractivity contribution in [2.24, 2.45) is 28.1 Å². The van der Waals surface area contributed by atoms with Crippen LogP contribution in [0.3, 0.4) is 0 Å². The van der Waals surface area contributed by atoms with Crippen LogP contribution in [0.4, 0.5) is 0 Å². The second-order valence-corrected chi connectivity index (χ2v) is 6.52. The number of amides is 1. The van der Waals surface area contributed by atoms with Gasteiger partial charge in [0.2, 0.25) is 5.91 Å². The number of halogens is 1. The molecule has 144 valence electrons. The van der Waals surface area contributed by atoms with Gasteiger partial charge in [0, 0.05) is 12.5 Å². The molecule has 0 heterocycles. The smallest absolute Gasteiger partial charge is 0.220 e. The van der Waals surface area contributed by atoms with E-state index in [2.05, 4.69) is 11.9 Å². The van der Waals surface area contributed by atoms with Crippen LogP contribution in [0.5, 0.6) is 0 Å². The Bertz CT molecular complexity index is 320. The first kappa shape index (κ1) is 25.3. The molecular weight excluding hydrogens is 324 g/mol. The molecule has 24 heavy (non-hydrogen) atoms. The van der Waals surface area contributed by atoms with Crippen LogP contribution in [-0.2, 0) is 4.79 Å². The SMILES string of the molecule is CCCCCCCCCCCCC(CCCN=C(N)N)C(N)=O.Cl. The third-order valence-corrected chi connectivity index (χ3v) is 4.31. The summed E-state index contributed by atoms with van der Waals surface area (Å²) < 4.78 is 0. The van der Waals surface area contributed by atoms with Crippen molar-refractivity contribution in [3.63, 3.8) is 0 Å². The Morgan fingerprint density at radius 1 is 0.792 bits per heavy atom. The number of hydrogen-bond donors (Lipinski definition) is 3. The number of nitrogens with zero attached hydrogens (tertiary/aromatic N) is 1. The van der Waals surface area contributed by atoms with Crippen LogP contribution in [0.15, 0.2) is 4.99 Å². The summed E-state index contributed by atoms with van der Waals surface area (Å²) in [5, 5.41) is 0. The Morgan fingerprint density at radius 3 is 1.71 bits per heavy atom. The number of carbonyl (C=O) groups excluding carboxylic acids is 1.